The first-order valence-electron chi connectivity index (χ1n) is 5.08. The normalized spacial score (nSPS) is 10.5. The number of nitrogens with one attached hydrogen (secondary N) is 2. The number of hydrogen-bond donors (Lipinski definition) is 2. The molecule has 0 fully saturated rings. The maximum absolute atomic E-state index is 11.4. The number of carbonyl (C=O) groups is 1. The quantitative estimate of drug-likeness (QED) is 0.862. The van der Waals surface area contributed by atoms with E-state index in [-0.39, 0.29) is 5.91 Å². The molecular weight excluding hydrogens is 272 g/mol. The van der Waals surface area contributed by atoms with Gasteiger partial charge in [-0.15, -0.1) is 0 Å². The number of halogens is 1. The third-order valence-corrected chi connectivity index (χ3v) is 2.20. The van der Waals surface area contributed by atoms with E-state index in [4.69, 9.17) is 0 Å². The second-order valence-electron chi connectivity index (χ2n) is 3.63. The molecule has 0 radical (unpaired) electrons. The number of aromatic nitrogens is 2. The molecule has 0 unspecified atom stereocenters. The molecule has 0 aromatic carbocycles. The number of hydrogen-bond acceptors (Lipinski definition) is 4. The van der Waals surface area contributed by atoms with Gasteiger partial charge in [0.15, 0.2) is 5.82 Å². The topological polar surface area (TPSA) is 66.9 Å². The molecule has 5 nitrogen and oxygen atoms in total. The van der Waals surface area contributed by atoms with Crippen molar-refractivity contribution in [2.24, 2.45) is 0 Å². The summed E-state index contributed by atoms with van der Waals surface area (Å²) in [5, 5.41) is 5.84. The Labute approximate surface area is 103 Å². The van der Waals surface area contributed by atoms with E-state index in [2.05, 4.69) is 36.5 Å². The molecule has 6 heteroatoms. The summed E-state index contributed by atoms with van der Waals surface area (Å²) in [6, 6.07) is 0.389. The lowest BCUT2D eigenvalue weighted by Gasteiger charge is -2.07. The van der Waals surface area contributed by atoms with Crippen molar-refractivity contribution in [1.29, 1.82) is 0 Å². The monoisotopic (exact) mass is 286 g/mol. The fourth-order valence-corrected chi connectivity index (χ4v) is 1.26. The van der Waals surface area contributed by atoms with E-state index in [1.807, 2.05) is 13.8 Å². The van der Waals surface area contributed by atoms with Crippen LogP contribution in [0.5, 0.6) is 0 Å². The van der Waals surface area contributed by atoms with Crippen molar-refractivity contribution in [2.45, 2.75) is 26.3 Å². The van der Waals surface area contributed by atoms with Crippen molar-refractivity contribution in [2.75, 3.05) is 11.9 Å². The fourth-order valence-electron chi connectivity index (χ4n) is 1.06. The van der Waals surface area contributed by atoms with Crippen LogP contribution in [0.1, 0.15) is 20.3 Å². The Morgan fingerprint density at radius 2 is 2.19 bits per heavy atom. The van der Waals surface area contributed by atoms with Gasteiger partial charge in [-0.1, -0.05) is 13.8 Å². The van der Waals surface area contributed by atoms with E-state index in [9.17, 15) is 4.79 Å². The molecule has 88 valence electrons. The summed E-state index contributed by atoms with van der Waals surface area (Å²) in [5.74, 6) is 0.405. The average Bonchev–Trinajstić information content (AvgIpc) is 2.21. The van der Waals surface area contributed by atoms with Crippen molar-refractivity contribution in [3.05, 3.63) is 17.0 Å². The molecular formula is C10H15BrN4O. The number of rotatable bonds is 5. The van der Waals surface area contributed by atoms with E-state index in [0.717, 1.165) is 0 Å². The van der Waals surface area contributed by atoms with Gasteiger partial charge in [0.05, 0.1) is 12.4 Å². The number of amides is 1. The van der Waals surface area contributed by atoms with Gasteiger partial charge in [-0.25, -0.2) is 9.97 Å². The average molecular weight is 287 g/mol. The van der Waals surface area contributed by atoms with Gasteiger partial charge in [0, 0.05) is 19.0 Å². The summed E-state index contributed by atoms with van der Waals surface area (Å²) >= 11 is 3.17. The van der Waals surface area contributed by atoms with E-state index in [1.165, 1.54) is 6.20 Å². The molecule has 0 spiro atoms. The van der Waals surface area contributed by atoms with Gasteiger partial charge in [-0.05, 0) is 15.9 Å². The van der Waals surface area contributed by atoms with Gasteiger partial charge in [-0.2, -0.15) is 0 Å². The van der Waals surface area contributed by atoms with Crippen LogP contribution < -0.4 is 10.6 Å². The van der Waals surface area contributed by atoms with Crippen molar-refractivity contribution in [3.63, 3.8) is 0 Å². The van der Waals surface area contributed by atoms with Gasteiger partial charge in [0.1, 0.15) is 4.60 Å². The van der Waals surface area contributed by atoms with Crippen LogP contribution in [-0.2, 0) is 4.79 Å². The van der Waals surface area contributed by atoms with Gasteiger partial charge < -0.3 is 10.6 Å². The summed E-state index contributed by atoms with van der Waals surface area (Å²) in [7, 11) is 0. The van der Waals surface area contributed by atoms with E-state index in [0.29, 0.717) is 29.4 Å². The van der Waals surface area contributed by atoms with Crippen molar-refractivity contribution >= 4 is 27.7 Å². The Balaban J connectivity index is 2.31. The maximum atomic E-state index is 11.4. The predicted molar refractivity (Wildman–Crippen MR) is 66.1 cm³/mol. The lowest BCUT2D eigenvalue weighted by molar-refractivity contribution is -0.116. The minimum Gasteiger partial charge on any atom is -0.314 e. The molecule has 2 N–H and O–H groups in total. The standard InChI is InChI=1S/C10H15BrN4O/c1-7(2)12-4-3-10(16)15-9-6-13-8(11)5-14-9/h5-7,12H,3-4H2,1-2H3,(H,14,15,16). The molecule has 0 bridgehead atoms. The Hall–Kier alpha value is -1.01. The summed E-state index contributed by atoms with van der Waals surface area (Å²) in [6.07, 6.45) is 3.48. The minimum absolute atomic E-state index is 0.0650. The highest BCUT2D eigenvalue weighted by Crippen LogP contribution is 2.06. The first-order valence-corrected chi connectivity index (χ1v) is 5.88. The molecule has 0 aliphatic rings. The fraction of sp³-hybridized carbons (Fsp3) is 0.500. The zero-order chi connectivity index (χ0) is 12.0. The zero-order valence-corrected chi connectivity index (χ0v) is 10.9. The molecule has 1 aromatic heterocycles. The minimum atomic E-state index is -0.0650. The van der Waals surface area contributed by atoms with Gasteiger partial charge in [0.25, 0.3) is 0 Å². The summed E-state index contributed by atoms with van der Waals surface area (Å²) in [6.45, 7) is 4.74. The molecule has 0 aliphatic heterocycles. The van der Waals surface area contributed by atoms with Gasteiger partial charge >= 0.3 is 0 Å². The van der Waals surface area contributed by atoms with Crippen LogP contribution in [0, 0.1) is 0 Å². The molecule has 1 heterocycles. The van der Waals surface area contributed by atoms with Crippen LogP contribution in [0.15, 0.2) is 17.0 Å². The zero-order valence-electron chi connectivity index (χ0n) is 9.33. The maximum Gasteiger partial charge on any atom is 0.226 e. The molecule has 1 rings (SSSR count). The SMILES string of the molecule is CC(C)NCCC(=O)Nc1cnc(Br)cn1. The van der Waals surface area contributed by atoms with Crippen LogP contribution in [0.25, 0.3) is 0 Å². The Bertz CT molecular complexity index is 339. The highest BCUT2D eigenvalue weighted by atomic mass is 79.9. The van der Waals surface area contributed by atoms with Gasteiger partial charge in [-0.3, -0.25) is 4.79 Å². The molecule has 0 saturated heterocycles. The highest BCUT2D eigenvalue weighted by molar-refractivity contribution is 9.10. The molecule has 1 aromatic rings. The van der Waals surface area contributed by atoms with E-state index < -0.39 is 0 Å². The van der Waals surface area contributed by atoms with Crippen LogP contribution in [0.2, 0.25) is 0 Å². The van der Waals surface area contributed by atoms with E-state index in [1.54, 1.807) is 6.20 Å². The van der Waals surface area contributed by atoms with Crippen molar-refractivity contribution in [1.82, 2.24) is 15.3 Å². The van der Waals surface area contributed by atoms with Gasteiger partial charge in [0.2, 0.25) is 5.91 Å². The number of anilines is 1. The lowest BCUT2D eigenvalue weighted by Crippen LogP contribution is -2.27. The first kappa shape index (κ1) is 13.1. The largest absolute Gasteiger partial charge is 0.314 e. The highest BCUT2D eigenvalue weighted by Gasteiger charge is 2.03. The predicted octanol–water partition coefficient (Wildman–Crippen LogP) is 1.57. The van der Waals surface area contributed by atoms with Crippen molar-refractivity contribution in [3.8, 4) is 0 Å². The van der Waals surface area contributed by atoms with Crippen LogP contribution in [0.4, 0.5) is 5.82 Å². The van der Waals surface area contributed by atoms with E-state index >= 15 is 0 Å². The lowest BCUT2D eigenvalue weighted by atomic mass is 10.3. The summed E-state index contributed by atoms with van der Waals surface area (Å²) in [5.41, 5.74) is 0. The smallest absolute Gasteiger partial charge is 0.226 e. The number of carbonyl (C=O) groups excluding carboxylic acids is 1. The second kappa shape index (κ2) is 6.55. The second-order valence-corrected chi connectivity index (χ2v) is 4.44. The molecule has 16 heavy (non-hydrogen) atoms. The van der Waals surface area contributed by atoms with Crippen molar-refractivity contribution < 1.29 is 4.79 Å². The summed E-state index contributed by atoms with van der Waals surface area (Å²) < 4.78 is 0.645. The Kier molecular flexibility index (Phi) is 5.34. The Morgan fingerprint density at radius 1 is 1.44 bits per heavy atom. The van der Waals surface area contributed by atoms with Crippen LogP contribution in [-0.4, -0.2) is 28.5 Å². The van der Waals surface area contributed by atoms with Crippen LogP contribution >= 0.6 is 15.9 Å². The molecule has 0 saturated carbocycles. The molecule has 0 aliphatic carbocycles. The Morgan fingerprint density at radius 3 is 2.75 bits per heavy atom. The third kappa shape index (κ3) is 5.18. The third-order valence-electron chi connectivity index (χ3n) is 1.79. The van der Waals surface area contributed by atoms with Crippen LogP contribution in [0.3, 0.4) is 0 Å². The first-order chi connectivity index (χ1) is 7.58. The summed E-state index contributed by atoms with van der Waals surface area (Å²) in [4.78, 5) is 19.4. The number of nitrogens with zero attached hydrogens (tertiary/aromatic N) is 2. The molecule has 0 atom stereocenters. The molecule has 1 amide bonds.